The highest BCUT2D eigenvalue weighted by molar-refractivity contribution is 5.85. The van der Waals surface area contributed by atoms with E-state index in [1.165, 1.54) is 0 Å². The van der Waals surface area contributed by atoms with Crippen molar-refractivity contribution in [3.8, 4) is 0 Å². The predicted molar refractivity (Wildman–Crippen MR) is 95.0 cm³/mol. The van der Waals surface area contributed by atoms with Gasteiger partial charge in [-0.3, -0.25) is 5.32 Å². The third-order valence-corrected chi connectivity index (χ3v) is 4.09. The first-order valence-corrected chi connectivity index (χ1v) is 8.30. The highest BCUT2D eigenvalue weighted by atomic mass is 16.6. The minimum Gasteiger partial charge on any atom is -0.444 e. The normalized spacial score (nSPS) is 22.5. The van der Waals surface area contributed by atoms with Crippen molar-refractivity contribution in [1.82, 2.24) is 4.90 Å². The highest BCUT2D eigenvalue weighted by Gasteiger charge is 2.22. The van der Waals surface area contributed by atoms with Crippen molar-refractivity contribution in [1.29, 1.82) is 0 Å². The molecule has 1 amide bonds. The van der Waals surface area contributed by atoms with Crippen molar-refractivity contribution in [2.24, 2.45) is 0 Å². The summed E-state index contributed by atoms with van der Waals surface area (Å²) in [4.78, 5) is 14.2. The van der Waals surface area contributed by atoms with Crippen LogP contribution in [-0.4, -0.2) is 42.3 Å². The van der Waals surface area contributed by atoms with E-state index < -0.39 is 11.7 Å². The number of benzene rings is 1. The molecule has 2 N–H and O–H groups in total. The maximum Gasteiger partial charge on any atom is 0.412 e. The zero-order chi connectivity index (χ0) is 17.0. The van der Waals surface area contributed by atoms with Gasteiger partial charge in [-0.1, -0.05) is 6.07 Å². The lowest BCUT2D eigenvalue weighted by molar-refractivity contribution is 0.0636. The van der Waals surface area contributed by atoms with Gasteiger partial charge in [-0.05, 0) is 65.8 Å². The largest absolute Gasteiger partial charge is 0.444 e. The predicted octanol–water partition coefficient (Wildman–Crippen LogP) is 3.93. The van der Waals surface area contributed by atoms with Crippen LogP contribution in [0.5, 0.6) is 0 Å². The van der Waals surface area contributed by atoms with Gasteiger partial charge in [-0.2, -0.15) is 0 Å². The average Bonchev–Trinajstić information content (AvgIpc) is 2.41. The maximum atomic E-state index is 11.8. The Balaban J connectivity index is 1.93. The van der Waals surface area contributed by atoms with Crippen molar-refractivity contribution in [2.45, 2.75) is 58.2 Å². The van der Waals surface area contributed by atoms with Crippen LogP contribution < -0.4 is 10.6 Å². The van der Waals surface area contributed by atoms with E-state index in [0.717, 1.165) is 30.8 Å². The third-order valence-electron chi connectivity index (χ3n) is 4.09. The number of likely N-dealkylation sites (tertiary alicyclic amines) is 1. The lowest BCUT2D eigenvalue weighted by Gasteiger charge is -2.35. The molecule has 2 rings (SSSR count). The summed E-state index contributed by atoms with van der Waals surface area (Å²) in [7, 11) is 2.17. The molecule has 5 heteroatoms. The van der Waals surface area contributed by atoms with Gasteiger partial charge in [0, 0.05) is 30.0 Å². The van der Waals surface area contributed by atoms with E-state index in [-0.39, 0.29) is 0 Å². The molecule has 1 heterocycles. The molecule has 0 radical (unpaired) electrons. The van der Waals surface area contributed by atoms with Crippen LogP contribution in [0.2, 0.25) is 0 Å². The van der Waals surface area contributed by atoms with E-state index in [2.05, 4.69) is 29.5 Å². The molecule has 1 saturated heterocycles. The zero-order valence-electron chi connectivity index (χ0n) is 14.8. The molecular weight excluding hydrogens is 290 g/mol. The molecule has 1 aliphatic rings. The van der Waals surface area contributed by atoms with Gasteiger partial charge >= 0.3 is 6.09 Å². The van der Waals surface area contributed by atoms with Gasteiger partial charge in [-0.15, -0.1) is 0 Å². The van der Waals surface area contributed by atoms with E-state index in [0.29, 0.717) is 12.1 Å². The number of rotatable bonds is 3. The Morgan fingerprint density at radius 2 is 2.00 bits per heavy atom. The molecule has 2 unspecified atom stereocenters. The van der Waals surface area contributed by atoms with Gasteiger partial charge < -0.3 is 15.0 Å². The van der Waals surface area contributed by atoms with Crippen LogP contribution in [-0.2, 0) is 4.74 Å². The quantitative estimate of drug-likeness (QED) is 0.886. The van der Waals surface area contributed by atoms with E-state index in [9.17, 15) is 4.79 Å². The summed E-state index contributed by atoms with van der Waals surface area (Å²) < 4.78 is 5.28. The molecule has 0 aliphatic carbocycles. The van der Waals surface area contributed by atoms with Crippen molar-refractivity contribution in [3.05, 3.63) is 24.3 Å². The number of hydrogen-bond donors (Lipinski definition) is 2. The van der Waals surface area contributed by atoms with E-state index in [4.69, 9.17) is 4.74 Å². The Morgan fingerprint density at radius 3 is 2.65 bits per heavy atom. The summed E-state index contributed by atoms with van der Waals surface area (Å²) in [5.74, 6) is 0. The molecule has 1 fully saturated rings. The Bertz CT molecular complexity index is 539. The fourth-order valence-corrected chi connectivity index (χ4v) is 2.76. The van der Waals surface area contributed by atoms with Gasteiger partial charge in [0.1, 0.15) is 5.60 Å². The summed E-state index contributed by atoms with van der Waals surface area (Å²) in [6.07, 6.45) is 1.83. The second-order valence-corrected chi connectivity index (χ2v) is 7.40. The fourth-order valence-electron chi connectivity index (χ4n) is 2.76. The van der Waals surface area contributed by atoms with Crippen molar-refractivity contribution >= 4 is 17.5 Å². The first kappa shape index (κ1) is 17.6. The van der Waals surface area contributed by atoms with Crippen molar-refractivity contribution < 1.29 is 9.53 Å². The van der Waals surface area contributed by atoms with Gasteiger partial charge in [0.05, 0.1) is 0 Å². The summed E-state index contributed by atoms with van der Waals surface area (Å²) in [5.41, 5.74) is 1.27. The summed E-state index contributed by atoms with van der Waals surface area (Å²) in [6, 6.07) is 8.85. The van der Waals surface area contributed by atoms with E-state index >= 15 is 0 Å². The molecule has 0 bridgehead atoms. The smallest absolute Gasteiger partial charge is 0.412 e. The number of anilines is 2. The van der Waals surface area contributed by atoms with Crippen LogP contribution in [0.25, 0.3) is 0 Å². The first-order chi connectivity index (χ1) is 10.7. The Labute approximate surface area is 139 Å². The molecule has 0 saturated carbocycles. The van der Waals surface area contributed by atoms with Crippen LogP contribution in [0.3, 0.4) is 0 Å². The molecule has 5 nitrogen and oxygen atoms in total. The van der Waals surface area contributed by atoms with Gasteiger partial charge in [0.15, 0.2) is 0 Å². The monoisotopic (exact) mass is 319 g/mol. The molecule has 0 spiro atoms. The SMILES string of the molecule is CC1CC(Nc2cccc(NC(=O)OC(C)(C)C)c2)CCN1C. The Kier molecular flexibility index (Phi) is 5.52. The molecule has 2 atom stereocenters. The lowest BCUT2D eigenvalue weighted by atomic mass is 9.98. The standard InChI is InChI=1S/C18H29N3O2/c1-13-11-16(9-10-21(13)5)19-14-7-6-8-15(12-14)20-17(22)23-18(2,3)4/h6-8,12-13,16,19H,9-11H2,1-5H3,(H,20,22). The van der Waals surface area contributed by atoms with Gasteiger partial charge in [0.25, 0.3) is 0 Å². The molecular formula is C18H29N3O2. The van der Waals surface area contributed by atoms with Gasteiger partial charge in [-0.25, -0.2) is 4.79 Å². The van der Waals surface area contributed by atoms with Crippen molar-refractivity contribution in [3.63, 3.8) is 0 Å². The number of nitrogens with one attached hydrogen (secondary N) is 2. The topological polar surface area (TPSA) is 53.6 Å². The number of ether oxygens (including phenoxy) is 1. The van der Waals surface area contributed by atoms with Crippen LogP contribution in [0.15, 0.2) is 24.3 Å². The number of hydrogen-bond acceptors (Lipinski definition) is 4. The third kappa shape index (κ3) is 5.75. The minimum absolute atomic E-state index is 0.428. The number of nitrogens with zero attached hydrogens (tertiary/aromatic N) is 1. The first-order valence-electron chi connectivity index (χ1n) is 8.30. The summed E-state index contributed by atoms with van der Waals surface area (Å²) >= 11 is 0. The molecule has 1 aromatic carbocycles. The molecule has 1 aliphatic heterocycles. The molecule has 23 heavy (non-hydrogen) atoms. The van der Waals surface area contributed by atoms with Gasteiger partial charge in [0.2, 0.25) is 0 Å². The summed E-state index contributed by atoms with van der Waals surface area (Å²) in [5, 5.41) is 6.36. The number of piperidine rings is 1. The van der Waals surface area contributed by atoms with Crippen LogP contribution >= 0.6 is 0 Å². The Hall–Kier alpha value is -1.75. The molecule has 0 aromatic heterocycles. The second-order valence-electron chi connectivity index (χ2n) is 7.40. The minimum atomic E-state index is -0.496. The molecule has 1 aromatic rings. The van der Waals surface area contributed by atoms with Crippen LogP contribution in [0.1, 0.15) is 40.5 Å². The second kappa shape index (κ2) is 7.21. The highest BCUT2D eigenvalue weighted by Crippen LogP contribution is 2.22. The van der Waals surface area contributed by atoms with E-state index in [1.54, 1.807) is 0 Å². The maximum absolute atomic E-state index is 11.8. The van der Waals surface area contributed by atoms with Crippen LogP contribution in [0, 0.1) is 0 Å². The zero-order valence-corrected chi connectivity index (χ0v) is 14.8. The number of carbonyl (C=O) groups is 1. The van der Waals surface area contributed by atoms with Crippen molar-refractivity contribution in [2.75, 3.05) is 24.2 Å². The summed E-state index contributed by atoms with van der Waals surface area (Å²) in [6.45, 7) is 8.92. The molecule has 128 valence electrons. The Morgan fingerprint density at radius 1 is 1.30 bits per heavy atom. The number of amides is 1. The fraction of sp³-hybridized carbons (Fsp3) is 0.611. The van der Waals surface area contributed by atoms with Crippen LogP contribution in [0.4, 0.5) is 16.2 Å². The van der Waals surface area contributed by atoms with E-state index in [1.807, 2.05) is 45.0 Å². The lowest BCUT2D eigenvalue weighted by Crippen LogP contribution is -2.42. The number of carbonyl (C=O) groups excluding carboxylic acids is 1. The average molecular weight is 319 g/mol.